The van der Waals surface area contributed by atoms with Crippen molar-refractivity contribution in [3.63, 3.8) is 0 Å². The number of nitrogens with one attached hydrogen (secondary N) is 1. The van der Waals surface area contributed by atoms with E-state index < -0.39 is 0 Å². The maximum atomic E-state index is 11.5. The molecule has 0 radical (unpaired) electrons. The summed E-state index contributed by atoms with van der Waals surface area (Å²) in [5.41, 5.74) is 1.04. The first-order valence-electron chi connectivity index (χ1n) is 9.20. The van der Waals surface area contributed by atoms with E-state index in [1.165, 1.54) is 0 Å². The van der Waals surface area contributed by atoms with Gasteiger partial charge in [0.15, 0.2) is 5.96 Å². The Morgan fingerprint density at radius 3 is 2.41 bits per heavy atom. The lowest BCUT2D eigenvalue weighted by atomic mass is 10.2. The van der Waals surface area contributed by atoms with E-state index in [-0.39, 0.29) is 5.91 Å². The molecule has 1 aromatic carbocycles. The number of hydrogen-bond acceptors (Lipinski definition) is 3. The van der Waals surface area contributed by atoms with Gasteiger partial charge in [-0.3, -0.25) is 4.79 Å². The van der Waals surface area contributed by atoms with Crippen LogP contribution in [0.15, 0.2) is 50.3 Å². The fourth-order valence-corrected chi connectivity index (χ4v) is 3.31. The van der Waals surface area contributed by atoms with Gasteiger partial charge in [0, 0.05) is 49.7 Å². The van der Waals surface area contributed by atoms with E-state index in [0.717, 1.165) is 60.2 Å². The first-order valence-corrected chi connectivity index (χ1v) is 9.99. The van der Waals surface area contributed by atoms with Gasteiger partial charge in [-0.25, -0.2) is 4.99 Å². The van der Waals surface area contributed by atoms with E-state index in [0.29, 0.717) is 6.54 Å². The van der Waals surface area contributed by atoms with Crippen molar-refractivity contribution >= 4 is 27.8 Å². The molecular formula is C20H25BrN4O2. The molecule has 0 unspecified atom stereocenters. The van der Waals surface area contributed by atoms with Crippen LogP contribution in [0.5, 0.6) is 0 Å². The van der Waals surface area contributed by atoms with Crippen LogP contribution >= 0.6 is 15.9 Å². The van der Waals surface area contributed by atoms with Crippen molar-refractivity contribution in [1.29, 1.82) is 0 Å². The molecule has 3 rings (SSSR count). The number of halogens is 1. The van der Waals surface area contributed by atoms with Gasteiger partial charge in [0.25, 0.3) is 0 Å². The monoisotopic (exact) mass is 432 g/mol. The number of amides is 1. The van der Waals surface area contributed by atoms with Crippen molar-refractivity contribution < 1.29 is 9.21 Å². The summed E-state index contributed by atoms with van der Waals surface area (Å²) in [4.78, 5) is 20.3. The van der Waals surface area contributed by atoms with Gasteiger partial charge in [-0.05, 0) is 31.2 Å². The summed E-state index contributed by atoms with van der Waals surface area (Å²) in [6, 6.07) is 12.0. The van der Waals surface area contributed by atoms with E-state index >= 15 is 0 Å². The molecule has 0 bridgehead atoms. The molecule has 0 spiro atoms. The minimum atomic E-state index is 0.132. The predicted molar refractivity (Wildman–Crippen MR) is 110 cm³/mol. The second-order valence-electron chi connectivity index (χ2n) is 6.44. The average molecular weight is 433 g/mol. The Labute approximate surface area is 168 Å². The summed E-state index contributed by atoms with van der Waals surface area (Å²) in [5, 5.41) is 3.34. The molecule has 27 heavy (non-hydrogen) atoms. The largest absolute Gasteiger partial charge is 0.459 e. The quantitative estimate of drug-likeness (QED) is 0.594. The van der Waals surface area contributed by atoms with Gasteiger partial charge >= 0.3 is 0 Å². The number of aliphatic imine (C=N–C) groups is 1. The molecule has 1 amide bonds. The number of piperazine rings is 1. The molecule has 0 atom stereocenters. The zero-order valence-electron chi connectivity index (χ0n) is 15.7. The maximum absolute atomic E-state index is 11.5. The molecule has 1 fully saturated rings. The number of furan rings is 1. The van der Waals surface area contributed by atoms with Gasteiger partial charge in [0.2, 0.25) is 5.91 Å². The number of carbonyl (C=O) groups is 1. The average Bonchev–Trinajstić information content (AvgIpc) is 3.15. The second kappa shape index (κ2) is 9.08. The van der Waals surface area contributed by atoms with Crippen molar-refractivity contribution in [2.24, 2.45) is 4.99 Å². The third-order valence-electron chi connectivity index (χ3n) is 4.53. The maximum Gasteiger partial charge on any atom is 0.219 e. The predicted octanol–water partition coefficient (Wildman–Crippen LogP) is 3.34. The van der Waals surface area contributed by atoms with Crippen LogP contribution in [0.3, 0.4) is 0 Å². The van der Waals surface area contributed by atoms with Gasteiger partial charge in [-0.2, -0.15) is 0 Å². The SMILES string of the molecule is CCNC(=NCc1ccc(-c2ccc(Br)cc2)o1)N1CCN(C(C)=O)CC1. The fourth-order valence-electron chi connectivity index (χ4n) is 3.04. The van der Waals surface area contributed by atoms with Crippen LogP contribution in [0, 0.1) is 0 Å². The van der Waals surface area contributed by atoms with Crippen molar-refractivity contribution in [2.45, 2.75) is 20.4 Å². The topological polar surface area (TPSA) is 61.1 Å². The number of rotatable bonds is 4. The first-order chi connectivity index (χ1) is 13.1. The smallest absolute Gasteiger partial charge is 0.219 e. The molecular weight excluding hydrogens is 408 g/mol. The molecule has 2 heterocycles. The Kier molecular flexibility index (Phi) is 6.55. The Hall–Kier alpha value is -2.28. The summed E-state index contributed by atoms with van der Waals surface area (Å²) in [5.74, 6) is 2.66. The van der Waals surface area contributed by atoms with Gasteiger partial charge in [-0.1, -0.05) is 28.1 Å². The van der Waals surface area contributed by atoms with Crippen LogP contribution in [0.4, 0.5) is 0 Å². The molecule has 1 saturated heterocycles. The number of carbonyl (C=O) groups excluding carboxylic acids is 1. The van der Waals surface area contributed by atoms with Crippen molar-refractivity contribution in [2.75, 3.05) is 32.7 Å². The standard InChI is InChI=1S/C20H25BrN4O2/c1-3-22-20(25-12-10-24(11-13-25)15(2)26)23-14-18-8-9-19(27-18)16-4-6-17(21)7-5-16/h4-9H,3,10-14H2,1-2H3,(H,22,23). The van der Waals surface area contributed by atoms with E-state index in [1.807, 2.05) is 41.3 Å². The summed E-state index contributed by atoms with van der Waals surface area (Å²) >= 11 is 3.45. The highest BCUT2D eigenvalue weighted by Crippen LogP contribution is 2.24. The van der Waals surface area contributed by atoms with E-state index in [4.69, 9.17) is 9.41 Å². The Morgan fingerprint density at radius 2 is 1.78 bits per heavy atom. The summed E-state index contributed by atoms with van der Waals surface area (Å²) < 4.78 is 7.00. The van der Waals surface area contributed by atoms with Gasteiger partial charge in [0.1, 0.15) is 18.1 Å². The molecule has 0 saturated carbocycles. The lowest BCUT2D eigenvalue weighted by Gasteiger charge is -2.36. The molecule has 2 aromatic rings. The molecule has 144 valence electrons. The van der Waals surface area contributed by atoms with E-state index in [2.05, 4.69) is 33.1 Å². The van der Waals surface area contributed by atoms with Gasteiger partial charge in [0.05, 0.1) is 0 Å². The summed E-state index contributed by atoms with van der Waals surface area (Å²) in [7, 11) is 0. The highest BCUT2D eigenvalue weighted by atomic mass is 79.9. The van der Waals surface area contributed by atoms with Crippen molar-refractivity contribution in [3.8, 4) is 11.3 Å². The Balaban J connectivity index is 1.65. The highest BCUT2D eigenvalue weighted by Gasteiger charge is 2.20. The third-order valence-corrected chi connectivity index (χ3v) is 5.06. The fraction of sp³-hybridized carbons (Fsp3) is 0.400. The lowest BCUT2D eigenvalue weighted by Crippen LogP contribution is -2.53. The summed E-state index contributed by atoms with van der Waals surface area (Å²) in [6.45, 7) is 7.98. The van der Waals surface area contributed by atoms with E-state index in [9.17, 15) is 4.79 Å². The third kappa shape index (κ3) is 5.13. The van der Waals surface area contributed by atoms with Crippen LogP contribution in [0.1, 0.15) is 19.6 Å². The number of benzene rings is 1. The van der Waals surface area contributed by atoms with Crippen molar-refractivity contribution in [1.82, 2.24) is 15.1 Å². The van der Waals surface area contributed by atoms with Crippen LogP contribution in [0.25, 0.3) is 11.3 Å². The van der Waals surface area contributed by atoms with Gasteiger partial charge < -0.3 is 19.5 Å². The van der Waals surface area contributed by atoms with Crippen LogP contribution < -0.4 is 5.32 Å². The lowest BCUT2D eigenvalue weighted by molar-refractivity contribution is -0.130. The number of hydrogen-bond donors (Lipinski definition) is 1. The Morgan fingerprint density at radius 1 is 1.11 bits per heavy atom. The molecule has 1 aliphatic heterocycles. The van der Waals surface area contributed by atoms with Crippen LogP contribution in [-0.4, -0.2) is 54.4 Å². The summed E-state index contributed by atoms with van der Waals surface area (Å²) in [6.07, 6.45) is 0. The molecule has 1 aliphatic rings. The molecule has 1 aromatic heterocycles. The highest BCUT2D eigenvalue weighted by molar-refractivity contribution is 9.10. The molecule has 1 N–H and O–H groups in total. The minimum absolute atomic E-state index is 0.132. The van der Waals surface area contributed by atoms with Gasteiger partial charge in [-0.15, -0.1) is 0 Å². The zero-order valence-corrected chi connectivity index (χ0v) is 17.3. The van der Waals surface area contributed by atoms with Crippen LogP contribution in [0.2, 0.25) is 0 Å². The minimum Gasteiger partial charge on any atom is -0.459 e. The first kappa shape index (κ1) is 19.5. The number of nitrogens with zero attached hydrogens (tertiary/aromatic N) is 3. The Bertz CT molecular complexity index is 793. The van der Waals surface area contributed by atoms with E-state index in [1.54, 1.807) is 6.92 Å². The molecule has 7 heteroatoms. The molecule has 0 aliphatic carbocycles. The van der Waals surface area contributed by atoms with Crippen LogP contribution in [-0.2, 0) is 11.3 Å². The van der Waals surface area contributed by atoms with Crippen molar-refractivity contribution in [3.05, 3.63) is 46.6 Å². The normalized spacial score (nSPS) is 15.1. The zero-order chi connectivity index (χ0) is 19.2. The molecule has 6 nitrogen and oxygen atoms in total. The number of guanidine groups is 1. The second-order valence-corrected chi connectivity index (χ2v) is 7.35.